The number of alkyl carbamates (subject to hydrolysis) is 1. The fraction of sp³-hybridized carbons (Fsp3) is 0.308. The molecule has 0 aromatic heterocycles. The number of primary sulfonamides is 1. The molecule has 11 heteroatoms. The number of esters is 1. The number of hydrogen-bond acceptors (Lipinski definition) is 7. The van der Waals surface area contributed by atoms with Crippen molar-refractivity contribution in [2.45, 2.75) is 11.8 Å². The minimum atomic E-state index is -4.18. The van der Waals surface area contributed by atoms with Gasteiger partial charge in [-0.05, 0) is 37.3 Å². The number of carbonyl (C=O) groups excluding carboxylic acids is 2. The van der Waals surface area contributed by atoms with Gasteiger partial charge in [0, 0.05) is 12.7 Å². The third-order valence-corrected chi connectivity index (χ3v) is 4.18. The summed E-state index contributed by atoms with van der Waals surface area (Å²) in [5, 5.41) is 7.42. The predicted molar refractivity (Wildman–Crippen MR) is 90.3 cm³/mol. The van der Waals surface area contributed by atoms with Crippen molar-refractivity contribution in [2.24, 2.45) is 5.14 Å². The third kappa shape index (κ3) is 4.88. The Morgan fingerprint density at radius 1 is 1.38 bits per heavy atom. The van der Waals surface area contributed by atoms with Crippen molar-refractivity contribution < 1.29 is 27.5 Å². The number of nitrogens with two attached hydrogens (primary N) is 1. The first-order chi connectivity index (χ1) is 11.1. The number of hydrogen-bond donors (Lipinski definition) is 2. The van der Waals surface area contributed by atoms with Crippen molar-refractivity contribution in [3.63, 3.8) is 0 Å². The molecule has 0 heterocycles. The van der Waals surface area contributed by atoms with Gasteiger partial charge in [-0.1, -0.05) is 0 Å². The summed E-state index contributed by atoms with van der Waals surface area (Å²) >= 11 is 5.03. The van der Waals surface area contributed by atoms with E-state index in [9.17, 15) is 18.0 Å². The van der Waals surface area contributed by atoms with Crippen LogP contribution in [0.25, 0.3) is 0 Å². The summed E-state index contributed by atoms with van der Waals surface area (Å²) in [7, 11) is -1.57. The quantitative estimate of drug-likeness (QED) is 0.578. The second-order valence-electron chi connectivity index (χ2n) is 4.43. The van der Waals surface area contributed by atoms with E-state index in [2.05, 4.69) is 10.1 Å². The second-order valence-corrected chi connectivity index (χ2v) is 6.34. The maximum atomic E-state index is 11.7. The molecule has 0 bridgehead atoms. The zero-order valence-corrected chi connectivity index (χ0v) is 14.9. The first kappa shape index (κ1) is 19.8. The van der Waals surface area contributed by atoms with Gasteiger partial charge in [-0.2, -0.15) is 0 Å². The molecule has 1 aromatic rings. The van der Waals surface area contributed by atoms with E-state index in [1.165, 1.54) is 24.1 Å². The van der Waals surface area contributed by atoms with E-state index in [-0.39, 0.29) is 23.0 Å². The maximum absolute atomic E-state index is 11.7. The Morgan fingerprint density at radius 3 is 2.50 bits per heavy atom. The van der Waals surface area contributed by atoms with Gasteiger partial charge in [0.25, 0.3) is 0 Å². The Bertz CT molecular complexity index is 763. The van der Waals surface area contributed by atoms with Crippen LogP contribution in [0, 0.1) is 0 Å². The lowest BCUT2D eigenvalue weighted by Crippen LogP contribution is -2.41. The van der Waals surface area contributed by atoms with Crippen LogP contribution in [0.3, 0.4) is 0 Å². The molecule has 1 rings (SSSR count). The molecule has 24 heavy (non-hydrogen) atoms. The number of rotatable bonds is 4. The lowest BCUT2D eigenvalue weighted by molar-refractivity contribution is 0.0596. The number of nitrogens with one attached hydrogen (secondary N) is 1. The molecule has 132 valence electrons. The van der Waals surface area contributed by atoms with Gasteiger partial charge in [0.15, 0.2) is 5.11 Å². The fourth-order valence-corrected chi connectivity index (χ4v) is 2.62. The fourth-order valence-electron chi connectivity index (χ4n) is 1.69. The Morgan fingerprint density at radius 2 is 2.00 bits per heavy atom. The highest BCUT2D eigenvalue weighted by atomic mass is 32.2. The Hall–Kier alpha value is -2.24. The van der Waals surface area contributed by atoms with Gasteiger partial charge >= 0.3 is 12.1 Å². The average Bonchev–Trinajstić information content (AvgIpc) is 2.52. The lowest BCUT2D eigenvalue weighted by Gasteiger charge is -2.21. The van der Waals surface area contributed by atoms with Crippen molar-refractivity contribution >= 4 is 45.1 Å². The molecule has 1 amide bonds. The van der Waals surface area contributed by atoms with E-state index in [4.69, 9.17) is 22.1 Å². The molecule has 1 aromatic carbocycles. The number of amides is 1. The molecular weight excluding hydrogens is 358 g/mol. The topological polar surface area (TPSA) is 128 Å². The highest BCUT2D eigenvalue weighted by molar-refractivity contribution is 7.89. The largest absolute Gasteiger partial charge is 0.465 e. The number of nitrogens with zero attached hydrogens (tertiary/aromatic N) is 1. The van der Waals surface area contributed by atoms with Crippen LogP contribution in [0.5, 0.6) is 0 Å². The summed E-state index contributed by atoms with van der Waals surface area (Å²) in [6, 6.07) is 3.82. The zero-order valence-electron chi connectivity index (χ0n) is 13.2. The molecule has 0 unspecified atom stereocenters. The van der Waals surface area contributed by atoms with Crippen molar-refractivity contribution in [3.05, 3.63) is 23.8 Å². The Kier molecular flexibility index (Phi) is 6.63. The molecule has 0 saturated heterocycles. The van der Waals surface area contributed by atoms with Crippen molar-refractivity contribution in [1.82, 2.24) is 5.32 Å². The third-order valence-electron chi connectivity index (χ3n) is 2.85. The number of sulfonamides is 1. The van der Waals surface area contributed by atoms with Gasteiger partial charge in [0.2, 0.25) is 10.0 Å². The van der Waals surface area contributed by atoms with E-state index < -0.39 is 27.0 Å². The van der Waals surface area contributed by atoms with Crippen molar-refractivity contribution in [2.75, 3.05) is 25.7 Å². The molecule has 0 aliphatic rings. The van der Waals surface area contributed by atoms with E-state index in [0.29, 0.717) is 0 Å². The monoisotopic (exact) mass is 375 g/mol. The average molecular weight is 375 g/mol. The van der Waals surface area contributed by atoms with Crippen LogP contribution in [0.4, 0.5) is 10.5 Å². The highest BCUT2D eigenvalue weighted by Crippen LogP contribution is 2.23. The van der Waals surface area contributed by atoms with Gasteiger partial charge in [-0.3, -0.25) is 5.32 Å². The van der Waals surface area contributed by atoms with Gasteiger partial charge in [0.1, 0.15) is 0 Å². The molecule has 0 spiro atoms. The van der Waals surface area contributed by atoms with E-state index in [1.807, 2.05) is 0 Å². The minimum Gasteiger partial charge on any atom is -0.465 e. The lowest BCUT2D eigenvalue weighted by atomic mass is 10.2. The molecule has 0 atom stereocenters. The standard InChI is InChI=1S/C13H17N3O6S2/c1-4-22-13(18)15-12(23)16(2)8-5-6-9(11(17)21-3)10(7-8)24(14,19)20/h5-7H,4H2,1-3H3,(H2,14,19,20)(H,15,18,23). The first-order valence-electron chi connectivity index (χ1n) is 6.58. The number of benzene rings is 1. The maximum Gasteiger partial charge on any atom is 0.413 e. The summed E-state index contributed by atoms with van der Waals surface area (Å²) in [6.07, 6.45) is -0.743. The van der Waals surface area contributed by atoms with E-state index >= 15 is 0 Å². The molecule has 0 fully saturated rings. The van der Waals surface area contributed by atoms with Crippen LogP contribution in [-0.2, 0) is 19.5 Å². The molecule has 0 aliphatic carbocycles. The van der Waals surface area contributed by atoms with Gasteiger partial charge in [-0.25, -0.2) is 23.1 Å². The van der Waals surface area contributed by atoms with Crippen LogP contribution in [0.15, 0.2) is 23.1 Å². The molecule has 0 aliphatic heterocycles. The van der Waals surface area contributed by atoms with Crippen LogP contribution >= 0.6 is 12.2 Å². The van der Waals surface area contributed by atoms with Gasteiger partial charge in [0.05, 0.1) is 24.2 Å². The number of thiocarbonyl (C=S) groups is 1. The molecular formula is C13H17N3O6S2. The SMILES string of the molecule is CCOC(=O)NC(=S)N(C)c1ccc(C(=O)OC)c(S(N)(=O)=O)c1. The molecule has 3 N–H and O–H groups in total. The molecule has 9 nitrogen and oxygen atoms in total. The predicted octanol–water partition coefficient (Wildman–Crippen LogP) is 0.588. The smallest absolute Gasteiger partial charge is 0.413 e. The first-order valence-corrected chi connectivity index (χ1v) is 8.53. The summed E-state index contributed by atoms with van der Waals surface area (Å²) in [4.78, 5) is 23.9. The van der Waals surface area contributed by atoms with Crippen molar-refractivity contribution in [1.29, 1.82) is 0 Å². The zero-order chi connectivity index (χ0) is 18.5. The second kappa shape index (κ2) is 8.04. The summed E-state index contributed by atoms with van der Waals surface area (Å²) in [5.41, 5.74) is 0.0786. The van der Waals surface area contributed by atoms with Gasteiger partial charge < -0.3 is 14.4 Å². The van der Waals surface area contributed by atoms with Crippen LogP contribution in [0.2, 0.25) is 0 Å². The van der Waals surface area contributed by atoms with E-state index in [1.54, 1.807) is 6.92 Å². The highest BCUT2D eigenvalue weighted by Gasteiger charge is 2.22. The van der Waals surface area contributed by atoms with Gasteiger partial charge in [-0.15, -0.1) is 0 Å². The molecule has 0 radical (unpaired) electrons. The number of anilines is 1. The summed E-state index contributed by atoms with van der Waals surface area (Å²) in [5.74, 6) is -0.847. The molecule has 0 saturated carbocycles. The van der Waals surface area contributed by atoms with Crippen LogP contribution in [-0.4, -0.2) is 46.4 Å². The number of carbonyl (C=O) groups is 2. The number of ether oxygens (including phenoxy) is 2. The summed E-state index contributed by atoms with van der Waals surface area (Å²) < 4.78 is 32.6. The number of methoxy groups -OCH3 is 1. The van der Waals surface area contributed by atoms with Crippen molar-refractivity contribution in [3.8, 4) is 0 Å². The minimum absolute atomic E-state index is 0.0281. The Labute approximate surface area is 144 Å². The van der Waals surface area contributed by atoms with Crippen LogP contribution < -0.4 is 15.4 Å². The Balaban J connectivity index is 3.20. The van der Waals surface area contributed by atoms with E-state index in [0.717, 1.165) is 13.2 Å². The normalized spacial score (nSPS) is 10.7. The van der Waals surface area contributed by atoms with Crippen LogP contribution in [0.1, 0.15) is 17.3 Å². The summed E-state index contributed by atoms with van der Waals surface area (Å²) in [6.45, 7) is 1.80.